The zero-order chi connectivity index (χ0) is 15.6. The molecule has 0 N–H and O–H groups in total. The van der Waals surface area contributed by atoms with Gasteiger partial charge in [0.05, 0.1) is 22.5 Å². The average Bonchev–Trinajstić information content (AvgIpc) is 3.27. The van der Waals surface area contributed by atoms with E-state index in [-0.39, 0.29) is 0 Å². The van der Waals surface area contributed by atoms with Gasteiger partial charge in [0, 0.05) is 0 Å². The lowest BCUT2D eigenvalue weighted by Crippen LogP contribution is -2.29. The van der Waals surface area contributed by atoms with E-state index in [1.165, 1.54) is 36.4 Å². The maximum Gasteiger partial charge on any atom is 0.0840 e. The normalized spacial score (nSPS) is 16.7. The van der Waals surface area contributed by atoms with Crippen molar-refractivity contribution in [2.24, 2.45) is 0 Å². The van der Waals surface area contributed by atoms with Crippen molar-refractivity contribution in [1.82, 2.24) is 14.7 Å². The number of aromatic nitrogens is 2. The molecule has 0 aliphatic carbocycles. The first-order valence-corrected chi connectivity index (χ1v) is 9.06. The van der Waals surface area contributed by atoms with Crippen LogP contribution in [0.3, 0.4) is 0 Å². The predicted octanol–water partition coefficient (Wildman–Crippen LogP) is 4.41. The van der Waals surface area contributed by atoms with Crippen molar-refractivity contribution in [2.75, 3.05) is 20.1 Å². The van der Waals surface area contributed by atoms with Crippen LogP contribution in [-0.2, 0) is 0 Å². The molecule has 1 aromatic carbocycles. The van der Waals surface area contributed by atoms with E-state index in [9.17, 15) is 0 Å². The second-order valence-corrected chi connectivity index (χ2v) is 7.22. The molecule has 1 saturated heterocycles. The molecule has 2 aromatic heterocycles. The topological polar surface area (TPSA) is 21.1 Å². The first-order chi connectivity index (χ1) is 11.3. The molecule has 23 heavy (non-hydrogen) atoms. The molecule has 4 rings (SSSR count). The number of likely N-dealkylation sites (tertiary alicyclic amines) is 1. The fourth-order valence-electron chi connectivity index (χ4n) is 3.35. The number of hydrogen-bond donors (Lipinski definition) is 0. The Morgan fingerprint density at radius 3 is 2.52 bits per heavy atom. The Labute approximate surface area is 141 Å². The summed E-state index contributed by atoms with van der Waals surface area (Å²) in [5.74, 6) is 0.703. The van der Waals surface area contributed by atoms with Crippen molar-refractivity contribution in [1.29, 1.82) is 0 Å². The molecule has 3 aromatic rings. The van der Waals surface area contributed by atoms with E-state index < -0.39 is 0 Å². The Morgan fingerprint density at radius 1 is 1.04 bits per heavy atom. The highest BCUT2D eigenvalue weighted by molar-refractivity contribution is 7.13. The molecule has 118 valence electrons. The van der Waals surface area contributed by atoms with E-state index in [1.54, 1.807) is 11.3 Å². The van der Waals surface area contributed by atoms with Gasteiger partial charge in [-0.15, -0.1) is 11.3 Å². The summed E-state index contributed by atoms with van der Waals surface area (Å²) >= 11 is 1.75. The molecule has 3 nitrogen and oxygen atoms in total. The third-order valence-corrected chi connectivity index (χ3v) is 5.64. The molecule has 0 saturated carbocycles. The number of benzene rings is 1. The summed E-state index contributed by atoms with van der Waals surface area (Å²) in [5.41, 5.74) is 3.76. The van der Waals surface area contributed by atoms with Crippen LogP contribution >= 0.6 is 11.3 Å². The fourth-order valence-corrected chi connectivity index (χ4v) is 4.09. The van der Waals surface area contributed by atoms with Crippen molar-refractivity contribution in [2.45, 2.75) is 18.8 Å². The van der Waals surface area contributed by atoms with E-state index in [4.69, 9.17) is 0 Å². The highest BCUT2D eigenvalue weighted by atomic mass is 32.1. The zero-order valence-electron chi connectivity index (χ0n) is 13.4. The number of thiophene rings is 1. The van der Waals surface area contributed by atoms with Crippen LogP contribution < -0.4 is 0 Å². The zero-order valence-corrected chi connectivity index (χ0v) is 14.2. The van der Waals surface area contributed by atoms with Crippen molar-refractivity contribution in [3.63, 3.8) is 0 Å². The van der Waals surface area contributed by atoms with E-state index in [0.29, 0.717) is 5.92 Å². The maximum absolute atomic E-state index is 4.51. The van der Waals surface area contributed by atoms with Gasteiger partial charge >= 0.3 is 0 Å². The van der Waals surface area contributed by atoms with Gasteiger partial charge in [-0.2, -0.15) is 5.10 Å². The van der Waals surface area contributed by atoms with E-state index in [2.05, 4.69) is 64.9 Å². The Hall–Kier alpha value is -1.91. The standard InChI is InChI=1S/C19H21N3S/c1-21-12-9-16(10-13-21)15-4-6-17(7-5-15)22-18(8-11-20-22)19-3-2-14-23-19/h2-8,11,14,16H,9-10,12-13H2,1H3. The van der Waals surface area contributed by atoms with Crippen LogP contribution in [0, 0.1) is 0 Å². The molecule has 0 atom stereocenters. The molecule has 3 heterocycles. The van der Waals surface area contributed by atoms with E-state index >= 15 is 0 Å². The third-order valence-electron chi connectivity index (χ3n) is 4.74. The summed E-state index contributed by atoms with van der Waals surface area (Å²) in [5, 5.41) is 6.62. The fraction of sp³-hybridized carbons (Fsp3) is 0.316. The third kappa shape index (κ3) is 2.96. The highest BCUT2D eigenvalue weighted by Crippen LogP contribution is 2.30. The van der Waals surface area contributed by atoms with E-state index in [0.717, 1.165) is 11.4 Å². The molecule has 4 heteroatoms. The van der Waals surface area contributed by atoms with Gasteiger partial charge in [-0.05, 0) is 74.1 Å². The lowest BCUT2D eigenvalue weighted by atomic mass is 9.89. The van der Waals surface area contributed by atoms with Crippen LogP contribution in [0.5, 0.6) is 0 Å². The Bertz CT molecular complexity index is 750. The van der Waals surface area contributed by atoms with Crippen molar-refractivity contribution < 1.29 is 0 Å². The molecular weight excluding hydrogens is 302 g/mol. The van der Waals surface area contributed by atoms with E-state index in [1.807, 2.05) is 10.9 Å². The molecule has 1 fully saturated rings. The van der Waals surface area contributed by atoms with Crippen LogP contribution in [0.1, 0.15) is 24.3 Å². The van der Waals surface area contributed by atoms with Crippen molar-refractivity contribution in [3.8, 4) is 16.3 Å². The predicted molar refractivity (Wildman–Crippen MR) is 96.3 cm³/mol. The van der Waals surface area contributed by atoms with Crippen LogP contribution in [0.15, 0.2) is 54.0 Å². The monoisotopic (exact) mass is 323 g/mol. The highest BCUT2D eigenvalue weighted by Gasteiger charge is 2.18. The lowest BCUT2D eigenvalue weighted by Gasteiger charge is -2.29. The first kappa shape index (κ1) is 14.7. The molecule has 0 spiro atoms. The molecule has 0 amide bonds. The molecule has 0 unspecified atom stereocenters. The second kappa shape index (κ2) is 6.30. The maximum atomic E-state index is 4.51. The number of piperidine rings is 1. The van der Waals surface area contributed by atoms with Crippen LogP contribution in [0.25, 0.3) is 16.3 Å². The molecule has 0 radical (unpaired) electrons. The van der Waals surface area contributed by atoms with Crippen molar-refractivity contribution in [3.05, 3.63) is 59.6 Å². The molecule has 1 aliphatic rings. The minimum atomic E-state index is 0.703. The molecule has 1 aliphatic heterocycles. The summed E-state index contributed by atoms with van der Waals surface area (Å²) in [7, 11) is 2.21. The van der Waals surface area contributed by atoms with Crippen LogP contribution in [0.2, 0.25) is 0 Å². The number of hydrogen-bond acceptors (Lipinski definition) is 3. The molecular formula is C19H21N3S. The van der Waals surface area contributed by atoms with Gasteiger partial charge in [-0.25, -0.2) is 4.68 Å². The summed E-state index contributed by atoms with van der Waals surface area (Å²) < 4.78 is 2.03. The quantitative estimate of drug-likeness (QED) is 0.712. The number of nitrogens with zero attached hydrogens (tertiary/aromatic N) is 3. The van der Waals surface area contributed by atoms with Gasteiger partial charge in [0.2, 0.25) is 0 Å². The minimum absolute atomic E-state index is 0.703. The van der Waals surface area contributed by atoms with Gasteiger partial charge in [-0.3, -0.25) is 0 Å². The smallest absolute Gasteiger partial charge is 0.0840 e. The van der Waals surface area contributed by atoms with Crippen LogP contribution in [-0.4, -0.2) is 34.8 Å². The minimum Gasteiger partial charge on any atom is -0.306 e. The number of rotatable bonds is 3. The Balaban J connectivity index is 1.58. The van der Waals surface area contributed by atoms with Gasteiger partial charge < -0.3 is 4.90 Å². The van der Waals surface area contributed by atoms with Crippen molar-refractivity contribution >= 4 is 11.3 Å². The summed E-state index contributed by atoms with van der Waals surface area (Å²) in [4.78, 5) is 3.67. The van der Waals surface area contributed by atoms with Gasteiger partial charge in [0.15, 0.2) is 0 Å². The Morgan fingerprint density at radius 2 is 1.83 bits per heavy atom. The first-order valence-electron chi connectivity index (χ1n) is 8.18. The molecule has 0 bridgehead atoms. The van der Waals surface area contributed by atoms with Gasteiger partial charge in [0.25, 0.3) is 0 Å². The van der Waals surface area contributed by atoms with Crippen LogP contribution in [0.4, 0.5) is 0 Å². The second-order valence-electron chi connectivity index (χ2n) is 6.27. The lowest BCUT2D eigenvalue weighted by molar-refractivity contribution is 0.255. The van der Waals surface area contributed by atoms with Gasteiger partial charge in [-0.1, -0.05) is 18.2 Å². The summed E-state index contributed by atoms with van der Waals surface area (Å²) in [6.45, 7) is 2.40. The van der Waals surface area contributed by atoms with Gasteiger partial charge in [0.1, 0.15) is 0 Å². The largest absolute Gasteiger partial charge is 0.306 e. The Kier molecular flexibility index (Phi) is 4.02. The average molecular weight is 323 g/mol. The SMILES string of the molecule is CN1CCC(c2ccc(-n3nccc3-c3cccs3)cc2)CC1. The summed E-state index contributed by atoms with van der Waals surface area (Å²) in [6, 6.07) is 15.3. The summed E-state index contributed by atoms with van der Waals surface area (Å²) in [6.07, 6.45) is 4.40.